The number of hydrogen-bond acceptors (Lipinski definition) is 2. The maximum atomic E-state index is 4.23. The van der Waals surface area contributed by atoms with Gasteiger partial charge in [-0.15, -0.1) is 0 Å². The van der Waals surface area contributed by atoms with Gasteiger partial charge in [0.25, 0.3) is 0 Å². The van der Waals surface area contributed by atoms with Crippen LogP contribution >= 0.6 is 0 Å². The van der Waals surface area contributed by atoms with Gasteiger partial charge < -0.3 is 9.47 Å². The van der Waals surface area contributed by atoms with Crippen molar-refractivity contribution < 1.29 is 0 Å². The Bertz CT molecular complexity index is 295. The first kappa shape index (κ1) is 8.35. The van der Waals surface area contributed by atoms with E-state index in [1.54, 1.807) is 0 Å². The van der Waals surface area contributed by atoms with Gasteiger partial charge in [0, 0.05) is 38.7 Å². The van der Waals surface area contributed by atoms with Crippen LogP contribution in [-0.4, -0.2) is 27.5 Å². The second-order valence-corrected chi connectivity index (χ2v) is 3.46. The molecule has 3 heteroatoms. The first-order valence-electron chi connectivity index (χ1n) is 4.76. The molecule has 0 aliphatic carbocycles. The van der Waals surface area contributed by atoms with Gasteiger partial charge in [-0.3, -0.25) is 0 Å². The largest absolute Gasteiger partial charge is 0.377 e. The Hall–Kier alpha value is -1.25. The monoisotopic (exact) mass is 177 g/mol. The van der Waals surface area contributed by atoms with Crippen molar-refractivity contribution in [2.24, 2.45) is 7.05 Å². The van der Waals surface area contributed by atoms with Crippen LogP contribution in [0.5, 0.6) is 0 Å². The van der Waals surface area contributed by atoms with E-state index in [0.717, 1.165) is 5.82 Å². The van der Waals surface area contributed by atoms with Gasteiger partial charge in [-0.1, -0.05) is 0 Å². The minimum atomic E-state index is 1.02. The average molecular weight is 177 g/mol. The molecule has 0 amide bonds. The predicted molar refractivity (Wildman–Crippen MR) is 53.0 cm³/mol. The molecule has 0 atom stereocenters. The summed E-state index contributed by atoms with van der Waals surface area (Å²) in [4.78, 5) is 6.57. The molecule has 0 spiro atoms. The summed E-state index contributed by atoms with van der Waals surface area (Å²) in [5.74, 6) is 1.02. The number of aryl methyl sites for hydroxylation is 1. The Labute approximate surface area is 78.7 Å². The lowest BCUT2D eigenvalue weighted by atomic mass is 10.4. The topological polar surface area (TPSA) is 21.1 Å². The molecule has 0 saturated carbocycles. The lowest BCUT2D eigenvalue weighted by molar-refractivity contribution is 0.470. The van der Waals surface area contributed by atoms with Crippen molar-refractivity contribution >= 4 is 6.08 Å². The normalized spacial score (nSPS) is 17.5. The quantitative estimate of drug-likeness (QED) is 0.682. The van der Waals surface area contributed by atoms with Crippen molar-refractivity contribution in [2.75, 3.05) is 13.1 Å². The van der Waals surface area contributed by atoms with Gasteiger partial charge in [-0.25, -0.2) is 4.98 Å². The van der Waals surface area contributed by atoms with Crippen LogP contribution in [0.1, 0.15) is 18.7 Å². The maximum absolute atomic E-state index is 4.23. The van der Waals surface area contributed by atoms with Crippen LogP contribution in [0.3, 0.4) is 0 Å². The Balaban J connectivity index is 2.00. The van der Waals surface area contributed by atoms with Gasteiger partial charge in [0.1, 0.15) is 5.82 Å². The van der Waals surface area contributed by atoms with Gasteiger partial charge in [0.2, 0.25) is 0 Å². The van der Waals surface area contributed by atoms with Crippen LogP contribution < -0.4 is 0 Å². The highest BCUT2D eigenvalue weighted by atomic mass is 15.1. The van der Waals surface area contributed by atoms with E-state index in [1.165, 1.54) is 25.9 Å². The second-order valence-electron chi connectivity index (χ2n) is 3.46. The summed E-state index contributed by atoms with van der Waals surface area (Å²) < 4.78 is 2.02. The Kier molecular flexibility index (Phi) is 2.34. The van der Waals surface area contributed by atoms with E-state index in [9.17, 15) is 0 Å². The standard InChI is InChI=1S/C10H15N3/c1-12-9-5-11-10(12)4-8-13-6-2-3-7-13/h4-5,8-9H,2-3,6-7H2,1H3. The lowest BCUT2D eigenvalue weighted by Crippen LogP contribution is -2.10. The summed E-state index contributed by atoms with van der Waals surface area (Å²) in [5, 5.41) is 0. The minimum Gasteiger partial charge on any atom is -0.377 e. The highest BCUT2D eigenvalue weighted by Gasteiger charge is 2.06. The molecule has 2 rings (SSSR count). The Morgan fingerprint density at radius 2 is 2.15 bits per heavy atom. The summed E-state index contributed by atoms with van der Waals surface area (Å²) in [7, 11) is 2.01. The van der Waals surface area contributed by atoms with E-state index in [0.29, 0.717) is 0 Å². The van der Waals surface area contributed by atoms with Crippen LogP contribution in [0, 0.1) is 0 Å². The van der Waals surface area contributed by atoms with Gasteiger partial charge in [0.15, 0.2) is 0 Å². The molecule has 1 saturated heterocycles. The second kappa shape index (κ2) is 3.64. The number of hydrogen-bond donors (Lipinski definition) is 0. The molecule has 1 aromatic heterocycles. The fourth-order valence-electron chi connectivity index (χ4n) is 1.60. The molecule has 1 fully saturated rings. The molecule has 70 valence electrons. The molecule has 13 heavy (non-hydrogen) atoms. The zero-order chi connectivity index (χ0) is 9.10. The summed E-state index contributed by atoms with van der Waals surface area (Å²) in [6, 6.07) is 0. The van der Waals surface area contributed by atoms with Crippen molar-refractivity contribution in [1.29, 1.82) is 0 Å². The van der Waals surface area contributed by atoms with Crippen LogP contribution in [0.2, 0.25) is 0 Å². The van der Waals surface area contributed by atoms with Crippen molar-refractivity contribution in [2.45, 2.75) is 12.8 Å². The molecule has 0 unspecified atom stereocenters. The number of aromatic nitrogens is 2. The number of rotatable bonds is 2. The molecule has 1 aromatic rings. The van der Waals surface area contributed by atoms with Gasteiger partial charge in [-0.05, 0) is 18.9 Å². The van der Waals surface area contributed by atoms with E-state index in [4.69, 9.17) is 0 Å². The Morgan fingerprint density at radius 3 is 2.77 bits per heavy atom. The van der Waals surface area contributed by atoms with E-state index in [1.807, 2.05) is 24.0 Å². The maximum Gasteiger partial charge on any atom is 0.133 e. The SMILES string of the molecule is Cn1ccnc1C=CN1CCCC1. The van der Waals surface area contributed by atoms with Crippen LogP contribution in [0.15, 0.2) is 18.6 Å². The van der Waals surface area contributed by atoms with Crippen molar-refractivity contribution in [3.63, 3.8) is 0 Å². The summed E-state index contributed by atoms with van der Waals surface area (Å²) >= 11 is 0. The summed E-state index contributed by atoms with van der Waals surface area (Å²) in [6.07, 6.45) is 10.7. The molecular formula is C10H15N3. The number of likely N-dealkylation sites (tertiary alicyclic amines) is 1. The number of imidazole rings is 1. The fourth-order valence-corrected chi connectivity index (χ4v) is 1.60. The Morgan fingerprint density at radius 1 is 1.38 bits per heavy atom. The van der Waals surface area contributed by atoms with E-state index in [-0.39, 0.29) is 0 Å². The molecule has 2 heterocycles. The number of nitrogens with zero attached hydrogens (tertiary/aromatic N) is 3. The van der Waals surface area contributed by atoms with E-state index < -0.39 is 0 Å². The lowest BCUT2D eigenvalue weighted by Gasteiger charge is -2.09. The predicted octanol–water partition coefficient (Wildman–Crippen LogP) is 1.49. The minimum absolute atomic E-state index is 1.02. The van der Waals surface area contributed by atoms with Gasteiger partial charge >= 0.3 is 0 Å². The van der Waals surface area contributed by atoms with Crippen LogP contribution in [0.25, 0.3) is 6.08 Å². The van der Waals surface area contributed by atoms with Crippen LogP contribution in [0.4, 0.5) is 0 Å². The smallest absolute Gasteiger partial charge is 0.133 e. The van der Waals surface area contributed by atoms with Gasteiger partial charge in [0.05, 0.1) is 0 Å². The zero-order valence-electron chi connectivity index (χ0n) is 7.98. The zero-order valence-corrected chi connectivity index (χ0v) is 7.98. The molecule has 1 aliphatic rings. The first-order chi connectivity index (χ1) is 6.36. The van der Waals surface area contributed by atoms with E-state index in [2.05, 4.69) is 22.2 Å². The average Bonchev–Trinajstić information content (AvgIpc) is 2.72. The van der Waals surface area contributed by atoms with Crippen molar-refractivity contribution in [3.8, 4) is 0 Å². The molecule has 0 radical (unpaired) electrons. The molecule has 3 nitrogen and oxygen atoms in total. The van der Waals surface area contributed by atoms with Crippen molar-refractivity contribution in [1.82, 2.24) is 14.5 Å². The summed E-state index contributed by atoms with van der Waals surface area (Å²) in [6.45, 7) is 2.39. The van der Waals surface area contributed by atoms with Crippen LogP contribution in [-0.2, 0) is 7.05 Å². The third kappa shape index (κ3) is 1.91. The molecule has 0 N–H and O–H groups in total. The molecule has 0 bridgehead atoms. The molecule has 0 aromatic carbocycles. The van der Waals surface area contributed by atoms with Gasteiger partial charge in [-0.2, -0.15) is 0 Å². The third-order valence-corrected chi connectivity index (χ3v) is 2.43. The highest BCUT2D eigenvalue weighted by Crippen LogP contribution is 2.08. The highest BCUT2D eigenvalue weighted by molar-refractivity contribution is 5.39. The fraction of sp³-hybridized carbons (Fsp3) is 0.500. The van der Waals surface area contributed by atoms with Crippen molar-refractivity contribution in [3.05, 3.63) is 24.4 Å². The third-order valence-electron chi connectivity index (χ3n) is 2.43. The first-order valence-corrected chi connectivity index (χ1v) is 4.76. The molecule has 1 aliphatic heterocycles. The molecular weight excluding hydrogens is 162 g/mol. The summed E-state index contributed by atoms with van der Waals surface area (Å²) in [5.41, 5.74) is 0. The van der Waals surface area contributed by atoms with E-state index >= 15 is 0 Å².